The molecule has 60 valence electrons. The van der Waals surface area contributed by atoms with Crippen molar-refractivity contribution < 1.29 is 4.74 Å². The molecule has 1 heterocycles. The second-order valence-electron chi connectivity index (χ2n) is 2.95. The largest absolute Gasteiger partial charge is 0.365 e. The maximum absolute atomic E-state index is 5.60. The summed E-state index contributed by atoms with van der Waals surface area (Å²) in [4.78, 5) is 0. The lowest BCUT2D eigenvalue weighted by atomic mass is 10.0. The van der Waals surface area contributed by atoms with Gasteiger partial charge >= 0.3 is 0 Å². The maximum atomic E-state index is 5.60. The fourth-order valence-electron chi connectivity index (χ4n) is 1.36. The molecule has 10 heavy (non-hydrogen) atoms. The molecule has 0 spiro atoms. The third-order valence-electron chi connectivity index (χ3n) is 2.28. The topological polar surface area (TPSA) is 12.5 Å². The molecule has 1 nitrogen and oxygen atoms in total. The highest BCUT2D eigenvalue weighted by atomic mass is 79.9. The van der Waals surface area contributed by atoms with Crippen molar-refractivity contribution in [2.24, 2.45) is 0 Å². The summed E-state index contributed by atoms with van der Waals surface area (Å²) in [5.74, 6) is 0. The zero-order valence-electron chi connectivity index (χ0n) is 6.69. The van der Waals surface area contributed by atoms with E-state index in [1.165, 1.54) is 12.8 Å². The Morgan fingerprint density at radius 1 is 1.50 bits per heavy atom. The van der Waals surface area contributed by atoms with Gasteiger partial charge in [0.25, 0.3) is 0 Å². The molecule has 1 fully saturated rings. The van der Waals surface area contributed by atoms with E-state index in [1.807, 2.05) is 0 Å². The molecule has 0 aliphatic carbocycles. The van der Waals surface area contributed by atoms with E-state index in [9.17, 15) is 0 Å². The summed E-state index contributed by atoms with van der Waals surface area (Å²) in [6, 6.07) is 0. The molecular weight excluding hydrogens is 192 g/mol. The van der Waals surface area contributed by atoms with Crippen LogP contribution in [0, 0.1) is 0 Å². The van der Waals surface area contributed by atoms with E-state index in [1.54, 1.807) is 0 Å². The third-order valence-corrected chi connectivity index (χ3v) is 3.23. The number of ether oxygens (including phenoxy) is 1. The van der Waals surface area contributed by atoms with E-state index in [-0.39, 0.29) is 5.60 Å². The number of alkyl halides is 1. The molecule has 2 heteroatoms. The van der Waals surface area contributed by atoms with E-state index in [0.29, 0.717) is 6.10 Å². The quantitative estimate of drug-likeness (QED) is 0.510. The normalized spacial score (nSPS) is 38.1. The summed E-state index contributed by atoms with van der Waals surface area (Å²) in [7, 11) is 0. The fourth-order valence-corrected chi connectivity index (χ4v) is 2.25. The van der Waals surface area contributed by atoms with Crippen molar-refractivity contribution in [2.45, 2.75) is 44.8 Å². The zero-order valence-corrected chi connectivity index (χ0v) is 8.28. The van der Waals surface area contributed by atoms with Gasteiger partial charge in [-0.25, -0.2) is 0 Å². The predicted octanol–water partition coefficient (Wildman–Crippen LogP) is 2.73. The van der Waals surface area contributed by atoms with Crippen molar-refractivity contribution in [3.8, 4) is 0 Å². The monoisotopic (exact) mass is 206 g/mol. The van der Waals surface area contributed by atoms with Gasteiger partial charge in [0.15, 0.2) is 0 Å². The van der Waals surface area contributed by atoms with Gasteiger partial charge in [-0.3, -0.25) is 0 Å². The van der Waals surface area contributed by atoms with Crippen LogP contribution < -0.4 is 0 Å². The van der Waals surface area contributed by atoms with Crippen LogP contribution in [-0.4, -0.2) is 17.0 Å². The van der Waals surface area contributed by atoms with Gasteiger partial charge < -0.3 is 4.74 Å². The second kappa shape index (κ2) is 3.22. The van der Waals surface area contributed by atoms with E-state index < -0.39 is 0 Å². The molecule has 0 amide bonds. The Bertz CT molecular complexity index is 110. The van der Waals surface area contributed by atoms with Gasteiger partial charge in [0.1, 0.15) is 5.60 Å². The minimum absolute atomic E-state index is 0.218. The van der Waals surface area contributed by atoms with Crippen LogP contribution in [0.15, 0.2) is 0 Å². The van der Waals surface area contributed by atoms with Crippen LogP contribution in [0.5, 0.6) is 0 Å². The number of hydrogen-bond donors (Lipinski definition) is 0. The Balaban J connectivity index is 2.30. The van der Waals surface area contributed by atoms with Crippen molar-refractivity contribution in [1.82, 2.24) is 0 Å². The van der Waals surface area contributed by atoms with Crippen LogP contribution in [0.1, 0.15) is 33.1 Å². The van der Waals surface area contributed by atoms with Crippen LogP contribution in [-0.2, 0) is 4.74 Å². The highest BCUT2D eigenvalue weighted by molar-refractivity contribution is 9.09. The summed E-state index contributed by atoms with van der Waals surface area (Å²) in [5, 5.41) is 1.00. The van der Waals surface area contributed by atoms with Crippen LogP contribution in [0.25, 0.3) is 0 Å². The molecule has 2 atom stereocenters. The number of rotatable bonds is 4. The second-order valence-corrected chi connectivity index (χ2v) is 3.51. The Labute approximate surface area is 71.3 Å². The molecule has 0 aromatic rings. The molecule has 1 aliphatic rings. The lowest BCUT2D eigenvalue weighted by molar-refractivity contribution is 0.304. The minimum atomic E-state index is 0.218. The molecule has 0 bridgehead atoms. The summed E-state index contributed by atoms with van der Waals surface area (Å²) in [5.41, 5.74) is 0.218. The standard InChI is InChI=1S/C8H15BrO/c1-3-5-7-8(4-2,6-9)10-7/h7H,3-6H2,1-2H3/t7-,8+/m0/s1. The first-order valence-electron chi connectivity index (χ1n) is 4.03. The minimum Gasteiger partial charge on any atom is -0.365 e. The van der Waals surface area contributed by atoms with Crippen LogP contribution >= 0.6 is 15.9 Å². The molecule has 0 unspecified atom stereocenters. The van der Waals surface area contributed by atoms with Crippen molar-refractivity contribution in [3.63, 3.8) is 0 Å². The predicted molar refractivity (Wildman–Crippen MR) is 46.6 cm³/mol. The lowest BCUT2D eigenvalue weighted by Crippen LogP contribution is -2.15. The van der Waals surface area contributed by atoms with Gasteiger partial charge in [0.05, 0.1) is 6.10 Å². The van der Waals surface area contributed by atoms with Gasteiger partial charge in [-0.2, -0.15) is 0 Å². The lowest BCUT2D eigenvalue weighted by Gasteiger charge is -2.02. The summed E-state index contributed by atoms with van der Waals surface area (Å²) >= 11 is 3.48. The van der Waals surface area contributed by atoms with Crippen LogP contribution in [0.2, 0.25) is 0 Å². The van der Waals surface area contributed by atoms with Gasteiger partial charge in [0.2, 0.25) is 0 Å². The highest BCUT2D eigenvalue weighted by Gasteiger charge is 2.52. The molecule has 0 radical (unpaired) electrons. The van der Waals surface area contributed by atoms with Crippen molar-refractivity contribution in [3.05, 3.63) is 0 Å². The van der Waals surface area contributed by atoms with Gasteiger partial charge in [0, 0.05) is 5.33 Å². The molecule has 0 aromatic carbocycles. The number of epoxide rings is 1. The van der Waals surface area contributed by atoms with Crippen molar-refractivity contribution in [2.75, 3.05) is 5.33 Å². The molecule has 0 aromatic heterocycles. The fraction of sp³-hybridized carbons (Fsp3) is 1.00. The number of hydrogen-bond acceptors (Lipinski definition) is 1. The maximum Gasteiger partial charge on any atom is 0.104 e. The molecular formula is C8H15BrO. The first kappa shape index (κ1) is 8.54. The van der Waals surface area contributed by atoms with Crippen molar-refractivity contribution >= 4 is 15.9 Å². The Morgan fingerprint density at radius 2 is 2.20 bits per heavy atom. The summed E-state index contributed by atoms with van der Waals surface area (Å²) in [6.45, 7) is 4.40. The SMILES string of the molecule is CCC[C@@H]1O[C@]1(CC)CBr. The number of halogens is 1. The Kier molecular flexibility index (Phi) is 2.75. The van der Waals surface area contributed by atoms with E-state index >= 15 is 0 Å². The first-order chi connectivity index (χ1) is 4.79. The van der Waals surface area contributed by atoms with Gasteiger partial charge in [-0.05, 0) is 12.8 Å². The van der Waals surface area contributed by atoms with Crippen molar-refractivity contribution in [1.29, 1.82) is 0 Å². The highest BCUT2D eigenvalue weighted by Crippen LogP contribution is 2.43. The van der Waals surface area contributed by atoms with E-state index in [0.717, 1.165) is 11.8 Å². The first-order valence-corrected chi connectivity index (χ1v) is 5.15. The molecule has 0 N–H and O–H groups in total. The Hall–Kier alpha value is 0.440. The molecule has 1 rings (SSSR count). The third kappa shape index (κ3) is 1.37. The average Bonchev–Trinajstić information content (AvgIpc) is 2.65. The summed E-state index contributed by atoms with van der Waals surface area (Å²) in [6.07, 6.45) is 4.14. The van der Waals surface area contributed by atoms with Crippen LogP contribution in [0.4, 0.5) is 0 Å². The average molecular weight is 207 g/mol. The smallest absolute Gasteiger partial charge is 0.104 e. The Morgan fingerprint density at radius 3 is 2.50 bits per heavy atom. The van der Waals surface area contributed by atoms with Crippen LogP contribution in [0.3, 0.4) is 0 Å². The summed E-state index contributed by atoms with van der Waals surface area (Å²) < 4.78 is 5.60. The van der Waals surface area contributed by atoms with Gasteiger partial charge in [-0.1, -0.05) is 36.2 Å². The molecule has 0 saturated carbocycles. The zero-order chi connectivity index (χ0) is 7.61. The van der Waals surface area contributed by atoms with Gasteiger partial charge in [-0.15, -0.1) is 0 Å². The molecule has 1 aliphatic heterocycles. The van der Waals surface area contributed by atoms with E-state index in [2.05, 4.69) is 29.8 Å². The molecule has 1 saturated heterocycles. The van der Waals surface area contributed by atoms with E-state index in [4.69, 9.17) is 4.74 Å².